The molecule has 0 aliphatic carbocycles. The van der Waals surface area contributed by atoms with Crippen molar-refractivity contribution < 1.29 is 9.90 Å². The second-order valence-corrected chi connectivity index (χ2v) is 10.3. The number of aromatic amines is 1. The molecule has 36 heavy (non-hydrogen) atoms. The van der Waals surface area contributed by atoms with Crippen LogP contribution in [0.1, 0.15) is 51.9 Å². The fourth-order valence-corrected chi connectivity index (χ4v) is 5.23. The molecule has 2 fully saturated rings. The van der Waals surface area contributed by atoms with E-state index in [9.17, 15) is 14.7 Å². The molecule has 2 aromatic heterocycles. The second kappa shape index (κ2) is 10.1. The molecule has 4 heterocycles. The number of carboxylic acids is 1. The highest BCUT2D eigenvalue weighted by molar-refractivity contribution is 5.90. The minimum absolute atomic E-state index is 0.148. The Hall–Kier alpha value is -3.69. The molecule has 10 nitrogen and oxygen atoms in total. The van der Waals surface area contributed by atoms with Crippen LogP contribution in [0, 0.1) is 5.41 Å². The number of hydrogen-bond donors (Lipinski definition) is 3. The van der Waals surface area contributed by atoms with Crippen LogP contribution in [0.3, 0.4) is 0 Å². The third kappa shape index (κ3) is 5.27. The van der Waals surface area contributed by atoms with Gasteiger partial charge in [-0.1, -0.05) is 19.8 Å². The average Bonchev–Trinajstić information content (AvgIpc) is 3.14. The summed E-state index contributed by atoms with van der Waals surface area (Å²) in [6.45, 7) is 5.52. The summed E-state index contributed by atoms with van der Waals surface area (Å²) in [4.78, 5) is 37.7. The summed E-state index contributed by atoms with van der Waals surface area (Å²) in [5.41, 5.74) is 1.96. The molecule has 10 heteroatoms. The lowest BCUT2D eigenvalue weighted by atomic mass is 9.77. The topological polar surface area (TPSA) is 127 Å². The molecule has 1 aromatic carbocycles. The lowest BCUT2D eigenvalue weighted by Gasteiger charge is -2.39. The SMILES string of the molecule is CC1(CC(=O)O)CCN(c2ccc(Nc3nc(N4CCCCCC4)nc4cn[nH]c(=O)c34)cc2)CC1. The van der Waals surface area contributed by atoms with E-state index in [0.717, 1.165) is 63.2 Å². The van der Waals surface area contributed by atoms with Crippen LogP contribution in [0.5, 0.6) is 0 Å². The fourth-order valence-electron chi connectivity index (χ4n) is 5.23. The summed E-state index contributed by atoms with van der Waals surface area (Å²) in [7, 11) is 0. The smallest absolute Gasteiger partial charge is 0.303 e. The lowest BCUT2D eigenvalue weighted by Crippen LogP contribution is -2.39. The second-order valence-electron chi connectivity index (χ2n) is 10.3. The van der Waals surface area contributed by atoms with E-state index in [1.807, 2.05) is 24.3 Å². The van der Waals surface area contributed by atoms with Gasteiger partial charge in [-0.15, -0.1) is 0 Å². The van der Waals surface area contributed by atoms with Crippen LogP contribution >= 0.6 is 0 Å². The molecule has 0 amide bonds. The van der Waals surface area contributed by atoms with Crippen LogP contribution in [0.2, 0.25) is 0 Å². The number of nitrogens with zero attached hydrogens (tertiary/aromatic N) is 5. The summed E-state index contributed by atoms with van der Waals surface area (Å²) >= 11 is 0. The van der Waals surface area contributed by atoms with Gasteiger partial charge in [0.15, 0.2) is 0 Å². The van der Waals surface area contributed by atoms with E-state index in [1.165, 1.54) is 12.8 Å². The van der Waals surface area contributed by atoms with Crippen molar-refractivity contribution in [1.82, 2.24) is 20.2 Å². The van der Waals surface area contributed by atoms with E-state index in [-0.39, 0.29) is 17.4 Å². The molecule has 3 N–H and O–H groups in total. The molecule has 2 saturated heterocycles. The van der Waals surface area contributed by atoms with E-state index in [4.69, 9.17) is 4.98 Å². The highest BCUT2D eigenvalue weighted by atomic mass is 16.4. The van der Waals surface area contributed by atoms with Gasteiger partial charge in [0, 0.05) is 37.6 Å². The molecule has 2 aliphatic heterocycles. The first-order chi connectivity index (χ1) is 17.4. The van der Waals surface area contributed by atoms with E-state index in [0.29, 0.717) is 22.7 Å². The van der Waals surface area contributed by atoms with E-state index in [1.54, 1.807) is 6.20 Å². The van der Waals surface area contributed by atoms with Gasteiger partial charge >= 0.3 is 5.97 Å². The minimum Gasteiger partial charge on any atom is -0.481 e. The predicted octanol–water partition coefficient (Wildman–Crippen LogP) is 3.92. The zero-order chi connectivity index (χ0) is 25.1. The number of benzene rings is 1. The Bertz CT molecular complexity index is 1270. The van der Waals surface area contributed by atoms with Gasteiger partial charge in [-0.25, -0.2) is 10.1 Å². The summed E-state index contributed by atoms with van der Waals surface area (Å²) in [6, 6.07) is 8.06. The van der Waals surface area contributed by atoms with Crippen LogP contribution in [-0.4, -0.2) is 57.4 Å². The molecular weight excluding hydrogens is 458 g/mol. The van der Waals surface area contributed by atoms with Gasteiger partial charge < -0.3 is 20.2 Å². The number of hydrogen-bond acceptors (Lipinski definition) is 8. The largest absolute Gasteiger partial charge is 0.481 e. The minimum atomic E-state index is -0.729. The number of anilines is 4. The highest BCUT2D eigenvalue weighted by Gasteiger charge is 2.32. The normalized spacial score (nSPS) is 18.1. The number of nitrogens with one attached hydrogen (secondary N) is 2. The van der Waals surface area contributed by atoms with Crippen molar-refractivity contribution in [2.45, 2.75) is 51.9 Å². The molecular formula is C26H33N7O3. The highest BCUT2D eigenvalue weighted by Crippen LogP contribution is 2.36. The predicted molar refractivity (Wildman–Crippen MR) is 140 cm³/mol. The van der Waals surface area contributed by atoms with Gasteiger partial charge in [-0.2, -0.15) is 10.1 Å². The zero-order valence-electron chi connectivity index (χ0n) is 20.7. The fraction of sp³-hybridized carbons (Fsp3) is 0.500. The van der Waals surface area contributed by atoms with Crippen LogP contribution in [0.25, 0.3) is 10.9 Å². The Labute approximate surface area is 209 Å². The number of aliphatic carboxylic acids is 1. The Morgan fingerprint density at radius 2 is 1.72 bits per heavy atom. The van der Waals surface area contributed by atoms with Crippen molar-refractivity contribution in [3.63, 3.8) is 0 Å². The zero-order valence-corrected chi connectivity index (χ0v) is 20.7. The number of rotatable bonds is 6. The van der Waals surface area contributed by atoms with Crippen molar-refractivity contribution in [2.75, 3.05) is 41.3 Å². The Kier molecular flexibility index (Phi) is 6.75. The number of carboxylic acid groups (broad SMARTS) is 1. The van der Waals surface area contributed by atoms with Crippen molar-refractivity contribution in [3.8, 4) is 0 Å². The third-order valence-electron chi connectivity index (χ3n) is 7.44. The maximum Gasteiger partial charge on any atom is 0.303 e. The first-order valence-electron chi connectivity index (χ1n) is 12.7. The van der Waals surface area contributed by atoms with Crippen LogP contribution < -0.4 is 20.7 Å². The Balaban J connectivity index is 1.36. The first-order valence-corrected chi connectivity index (χ1v) is 12.7. The van der Waals surface area contributed by atoms with Crippen molar-refractivity contribution >= 4 is 40.0 Å². The van der Waals surface area contributed by atoms with Gasteiger partial charge in [0.2, 0.25) is 5.95 Å². The van der Waals surface area contributed by atoms with Crippen LogP contribution in [-0.2, 0) is 4.79 Å². The molecule has 0 spiro atoms. The van der Waals surface area contributed by atoms with Gasteiger partial charge in [-0.3, -0.25) is 9.59 Å². The standard InChI is InChI=1S/C26H33N7O3/c1-26(16-21(34)35)10-14-32(15-11-26)19-8-6-18(7-9-19)28-23-22-20(17-27-31-24(22)36)29-25(30-23)33-12-4-2-3-5-13-33/h6-9,17H,2-5,10-16H2,1H3,(H,31,36)(H,34,35)(H,28,29,30). The molecule has 3 aromatic rings. The number of carbonyl (C=O) groups is 1. The number of aromatic nitrogens is 4. The Morgan fingerprint density at radius 1 is 1.03 bits per heavy atom. The van der Waals surface area contributed by atoms with Gasteiger partial charge in [-0.05, 0) is 55.4 Å². The quantitative estimate of drug-likeness (QED) is 0.470. The molecule has 190 valence electrons. The van der Waals surface area contributed by atoms with Crippen molar-refractivity contribution in [3.05, 3.63) is 40.8 Å². The average molecular weight is 492 g/mol. The summed E-state index contributed by atoms with van der Waals surface area (Å²) in [5, 5.41) is 19.4. The molecule has 0 saturated carbocycles. The van der Waals surface area contributed by atoms with E-state index < -0.39 is 5.97 Å². The van der Waals surface area contributed by atoms with Crippen LogP contribution in [0.4, 0.5) is 23.1 Å². The van der Waals surface area contributed by atoms with Gasteiger partial charge in [0.1, 0.15) is 16.7 Å². The molecule has 0 atom stereocenters. The van der Waals surface area contributed by atoms with Crippen molar-refractivity contribution in [2.24, 2.45) is 5.41 Å². The molecule has 2 aliphatic rings. The van der Waals surface area contributed by atoms with Crippen molar-refractivity contribution in [1.29, 1.82) is 0 Å². The lowest BCUT2D eigenvalue weighted by molar-refractivity contribution is -0.139. The van der Waals surface area contributed by atoms with Crippen LogP contribution in [0.15, 0.2) is 35.3 Å². The molecule has 0 radical (unpaired) electrons. The molecule has 0 bridgehead atoms. The number of piperidine rings is 1. The number of H-pyrrole nitrogens is 1. The van der Waals surface area contributed by atoms with E-state index >= 15 is 0 Å². The first kappa shape index (κ1) is 24.0. The summed E-state index contributed by atoms with van der Waals surface area (Å²) in [6.07, 6.45) is 8.10. The van der Waals surface area contributed by atoms with E-state index in [2.05, 4.69) is 37.2 Å². The summed E-state index contributed by atoms with van der Waals surface area (Å²) < 4.78 is 0. The monoisotopic (exact) mass is 491 g/mol. The maximum atomic E-state index is 12.6. The Morgan fingerprint density at radius 3 is 2.39 bits per heavy atom. The van der Waals surface area contributed by atoms with Gasteiger partial charge in [0.25, 0.3) is 5.56 Å². The third-order valence-corrected chi connectivity index (χ3v) is 7.44. The number of fused-ring (bicyclic) bond motifs is 1. The maximum absolute atomic E-state index is 12.6. The summed E-state index contributed by atoms with van der Waals surface area (Å²) in [5.74, 6) is 0.360. The molecule has 0 unspecified atom stereocenters. The van der Waals surface area contributed by atoms with Gasteiger partial charge in [0.05, 0.1) is 12.6 Å². The molecule has 5 rings (SSSR count).